The summed E-state index contributed by atoms with van der Waals surface area (Å²) in [5.74, 6) is 3.11. The van der Waals surface area contributed by atoms with Gasteiger partial charge in [0.2, 0.25) is 0 Å². The van der Waals surface area contributed by atoms with Crippen molar-refractivity contribution in [2.24, 2.45) is 23.2 Å². The van der Waals surface area contributed by atoms with Crippen LogP contribution in [0.4, 0.5) is 0 Å². The molecule has 0 heterocycles. The summed E-state index contributed by atoms with van der Waals surface area (Å²) in [5.41, 5.74) is 0.538. The maximum atomic E-state index is 2.55. The fraction of sp³-hybridized carbons (Fsp3) is 0.900. The summed E-state index contributed by atoms with van der Waals surface area (Å²) >= 11 is 0. The van der Waals surface area contributed by atoms with E-state index >= 15 is 0 Å². The van der Waals surface area contributed by atoms with E-state index in [9.17, 15) is 0 Å². The van der Waals surface area contributed by atoms with Crippen molar-refractivity contribution in [3.63, 3.8) is 0 Å². The van der Waals surface area contributed by atoms with Gasteiger partial charge < -0.3 is 0 Å². The number of hydrogen-bond acceptors (Lipinski definition) is 0. The first-order chi connectivity index (χ1) is 4.59. The number of rotatable bonds is 0. The molecule has 0 bridgehead atoms. The topological polar surface area (TPSA) is 0 Å². The van der Waals surface area contributed by atoms with Gasteiger partial charge in [0, 0.05) is 0 Å². The van der Waals surface area contributed by atoms with Crippen LogP contribution in [-0.2, 0) is 0 Å². The lowest BCUT2D eigenvalue weighted by Crippen LogP contribution is -2.20. The summed E-state index contributed by atoms with van der Waals surface area (Å²) in [6, 6.07) is 0. The van der Waals surface area contributed by atoms with Gasteiger partial charge in [-0.05, 0) is 42.4 Å². The van der Waals surface area contributed by atoms with Crippen molar-refractivity contribution in [3.05, 3.63) is 6.42 Å². The zero-order valence-corrected chi connectivity index (χ0v) is 7.22. The molecule has 2 aliphatic carbocycles. The fourth-order valence-electron chi connectivity index (χ4n) is 2.47. The zero-order chi connectivity index (χ0) is 7.35. The van der Waals surface area contributed by atoms with Crippen molar-refractivity contribution in [3.8, 4) is 0 Å². The third-order valence-electron chi connectivity index (χ3n) is 3.13. The maximum Gasteiger partial charge on any atom is -0.0303 e. The van der Waals surface area contributed by atoms with Crippen LogP contribution < -0.4 is 0 Å². The summed E-state index contributed by atoms with van der Waals surface area (Å²) in [7, 11) is 0. The SMILES string of the molecule is CC(C)(C)C1[CH]CC2CC21. The Bertz CT molecular complexity index is 141. The molecular formula is C10H17. The Hall–Kier alpha value is 0. The molecule has 3 unspecified atom stereocenters. The van der Waals surface area contributed by atoms with Crippen molar-refractivity contribution in [2.75, 3.05) is 0 Å². The summed E-state index contributed by atoms with van der Waals surface area (Å²) in [5, 5.41) is 0. The molecule has 0 heteroatoms. The Morgan fingerprint density at radius 1 is 1.30 bits per heavy atom. The normalized spacial score (nSPS) is 45.3. The van der Waals surface area contributed by atoms with E-state index < -0.39 is 0 Å². The van der Waals surface area contributed by atoms with Crippen molar-refractivity contribution in [2.45, 2.75) is 33.6 Å². The fourth-order valence-corrected chi connectivity index (χ4v) is 2.47. The van der Waals surface area contributed by atoms with Crippen molar-refractivity contribution in [1.29, 1.82) is 0 Å². The van der Waals surface area contributed by atoms with Gasteiger partial charge in [0.25, 0.3) is 0 Å². The first-order valence-electron chi connectivity index (χ1n) is 4.42. The van der Waals surface area contributed by atoms with Gasteiger partial charge in [-0.25, -0.2) is 0 Å². The molecular weight excluding hydrogens is 120 g/mol. The second-order valence-electron chi connectivity index (χ2n) is 5.02. The quantitative estimate of drug-likeness (QED) is 0.481. The molecule has 0 amide bonds. The number of hydrogen-bond donors (Lipinski definition) is 0. The molecule has 2 aliphatic rings. The van der Waals surface area contributed by atoms with Crippen LogP contribution in [0.25, 0.3) is 0 Å². The first kappa shape index (κ1) is 6.69. The predicted molar refractivity (Wildman–Crippen MR) is 43.5 cm³/mol. The zero-order valence-electron chi connectivity index (χ0n) is 7.22. The second kappa shape index (κ2) is 1.78. The molecule has 0 saturated heterocycles. The summed E-state index contributed by atoms with van der Waals surface area (Å²) in [6.07, 6.45) is 5.49. The minimum absolute atomic E-state index is 0.538. The van der Waals surface area contributed by atoms with E-state index in [1.165, 1.54) is 12.8 Å². The smallest absolute Gasteiger partial charge is 0.0303 e. The average molecular weight is 137 g/mol. The lowest BCUT2D eigenvalue weighted by molar-refractivity contribution is 0.257. The van der Waals surface area contributed by atoms with Gasteiger partial charge in [-0.15, -0.1) is 0 Å². The highest BCUT2D eigenvalue weighted by atomic mass is 14.6. The van der Waals surface area contributed by atoms with Crippen molar-refractivity contribution >= 4 is 0 Å². The monoisotopic (exact) mass is 137 g/mol. The minimum Gasteiger partial charge on any atom is -0.0599 e. The van der Waals surface area contributed by atoms with Crippen LogP contribution in [-0.4, -0.2) is 0 Å². The lowest BCUT2D eigenvalue weighted by Gasteiger charge is -2.27. The third kappa shape index (κ3) is 0.889. The van der Waals surface area contributed by atoms with Gasteiger partial charge in [0.05, 0.1) is 0 Å². The van der Waals surface area contributed by atoms with E-state index in [1.807, 2.05) is 0 Å². The minimum atomic E-state index is 0.538. The molecule has 1 radical (unpaired) electrons. The van der Waals surface area contributed by atoms with Crippen LogP contribution in [0.1, 0.15) is 33.6 Å². The van der Waals surface area contributed by atoms with E-state index in [4.69, 9.17) is 0 Å². The Kier molecular flexibility index (Phi) is 1.19. The molecule has 3 atom stereocenters. The van der Waals surface area contributed by atoms with E-state index in [0.717, 1.165) is 17.8 Å². The maximum absolute atomic E-state index is 2.55. The molecule has 0 aliphatic heterocycles. The predicted octanol–water partition coefficient (Wildman–Crippen LogP) is 2.89. The van der Waals surface area contributed by atoms with Crippen LogP contribution >= 0.6 is 0 Å². The standard InChI is InChI=1S/C10H17/c1-10(2,3)9-5-4-7-6-8(7)9/h5,7-9H,4,6H2,1-3H3. The molecule has 0 nitrogen and oxygen atoms in total. The van der Waals surface area contributed by atoms with Gasteiger partial charge in [-0.3, -0.25) is 0 Å². The molecule has 0 N–H and O–H groups in total. The van der Waals surface area contributed by atoms with Crippen LogP contribution in [0.3, 0.4) is 0 Å². The van der Waals surface area contributed by atoms with E-state index in [2.05, 4.69) is 27.2 Å². The molecule has 0 spiro atoms. The molecule has 0 aromatic heterocycles. The summed E-state index contributed by atoms with van der Waals surface area (Å²) in [4.78, 5) is 0. The highest BCUT2D eigenvalue weighted by Crippen LogP contribution is 2.59. The van der Waals surface area contributed by atoms with Gasteiger partial charge in [-0.2, -0.15) is 0 Å². The molecule has 10 heavy (non-hydrogen) atoms. The van der Waals surface area contributed by atoms with Gasteiger partial charge >= 0.3 is 0 Å². The van der Waals surface area contributed by atoms with E-state index in [1.54, 1.807) is 0 Å². The average Bonchev–Trinajstić information content (AvgIpc) is 2.40. The molecule has 0 aromatic rings. The molecule has 2 saturated carbocycles. The molecule has 2 rings (SSSR count). The Morgan fingerprint density at radius 3 is 2.20 bits per heavy atom. The summed E-state index contributed by atoms with van der Waals surface area (Å²) < 4.78 is 0. The van der Waals surface area contributed by atoms with Crippen molar-refractivity contribution in [1.82, 2.24) is 0 Å². The number of fused-ring (bicyclic) bond motifs is 1. The van der Waals surface area contributed by atoms with Crippen LogP contribution in [0.2, 0.25) is 0 Å². The van der Waals surface area contributed by atoms with Gasteiger partial charge in [0.15, 0.2) is 0 Å². The second-order valence-corrected chi connectivity index (χ2v) is 5.02. The molecule has 2 fully saturated rings. The summed E-state index contributed by atoms with van der Waals surface area (Å²) in [6.45, 7) is 7.11. The van der Waals surface area contributed by atoms with Gasteiger partial charge in [-0.1, -0.05) is 20.8 Å². The first-order valence-corrected chi connectivity index (χ1v) is 4.42. The van der Waals surface area contributed by atoms with Crippen LogP contribution in [0, 0.1) is 29.6 Å². The third-order valence-corrected chi connectivity index (χ3v) is 3.13. The van der Waals surface area contributed by atoms with Gasteiger partial charge in [0.1, 0.15) is 0 Å². The Balaban J connectivity index is 2.05. The Morgan fingerprint density at radius 2 is 2.00 bits per heavy atom. The van der Waals surface area contributed by atoms with Crippen LogP contribution in [0.5, 0.6) is 0 Å². The van der Waals surface area contributed by atoms with E-state index in [0.29, 0.717) is 5.41 Å². The molecule has 57 valence electrons. The van der Waals surface area contributed by atoms with Crippen molar-refractivity contribution < 1.29 is 0 Å². The lowest BCUT2D eigenvalue weighted by atomic mass is 9.78. The highest BCUT2D eigenvalue weighted by Gasteiger charge is 2.51. The van der Waals surface area contributed by atoms with Crippen LogP contribution in [0.15, 0.2) is 0 Å². The highest BCUT2D eigenvalue weighted by molar-refractivity contribution is 5.09. The molecule has 0 aromatic carbocycles. The van der Waals surface area contributed by atoms with E-state index in [-0.39, 0.29) is 0 Å². The Labute approximate surface area is 64.0 Å². The largest absolute Gasteiger partial charge is 0.0599 e.